The van der Waals surface area contributed by atoms with Gasteiger partial charge < -0.3 is 24.4 Å². The first kappa shape index (κ1) is 26.6. The monoisotopic (exact) mass is 518 g/mol. The van der Waals surface area contributed by atoms with Gasteiger partial charge in [0.05, 0.1) is 28.8 Å². The standard InChI is InChI=1S/C27H35ClN2O6/c1-4-15-29(19-12-8-7-11-18(19)28)24(33)22-27-14-13-26(3,36-27)21(25(34)35-5-2)20(27)23(32)30(22)16-9-6-10-17-31/h4,7-8,11-12,20-22,31H,1,5-6,9-10,13-17H2,2-3H3/t20-,21-,22?,26+,27?/m0/s1. The molecule has 1 N–H and O–H groups in total. The van der Waals surface area contributed by atoms with Crippen molar-refractivity contribution in [1.29, 1.82) is 0 Å². The number of halogens is 1. The van der Waals surface area contributed by atoms with Gasteiger partial charge in [-0.05, 0) is 58.1 Å². The van der Waals surface area contributed by atoms with Crippen molar-refractivity contribution in [2.75, 3.05) is 31.2 Å². The van der Waals surface area contributed by atoms with Crippen molar-refractivity contribution in [1.82, 2.24) is 4.90 Å². The van der Waals surface area contributed by atoms with Crippen LogP contribution in [0.1, 0.15) is 46.0 Å². The van der Waals surface area contributed by atoms with Gasteiger partial charge in [0.1, 0.15) is 17.6 Å². The molecule has 3 aliphatic rings. The van der Waals surface area contributed by atoms with Crippen molar-refractivity contribution in [2.24, 2.45) is 11.8 Å². The van der Waals surface area contributed by atoms with Crippen LogP contribution in [0.3, 0.4) is 0 Å². The van der Waals surface area contributed by atoms with Crippen LogP contribution < -0.4 is 4.90 Å². The third-order valence-corrected chi connectivity index (χ3v) is 8.15. The van der Waals surface area contributed by atoms with Crippen molar-refractivity contribution in [3.05, 3.63) is 41.9 Å². The van der Waals surface area contributed by atoms with Crippen LogP contribution in [0, 0.1) is 11.8 Å². The number of fused-ring (bicyclic) bond motifs is 1. The summed E-state index contributed by atoms with van der Waals surface area (Å²) in [5.74, 6) is -2.59. The summed E-state index contributed by atoms with van der Waals surface area (Å²) in [6, 6.07) is 6.14. The SMILES string of the molecule is C=CCN(C(=O)C1N(CCCCCO)C(=O)[C@@H]2[C@@H](C(=O)OCC)[C@@]3(C)CCC12O3)c1ccccc1Cl. The third kappa shape index (κ3) is 4.23. The number of nitrogens with zero attached hydrogens (tertiary/aromatic N) is 2. The molecule has 3 heterocycles. The van der Waals surface area contributed by atoms with Gasteiger partial charge in [-0.15, -0.1) is 6.58 Å². The van der Waals surface area contributed by atoms with Crippen LogP contribution >= 0.6 is 11.6 Å². The number of rotatable bonds is 11. The lowest BCUT2D eigenvalue weighted by molar-refractivity contribution is -0.159. The molecular weight excluding hydrogens is 484 g/mol. The predicted octanol–water partition coefficient (Wildman–Crippen LogP) is 3.35. The molecule has 0 aliphatic carbocycles. The Kier molecular flexibility index (Phi) is 7.78. The van der Waals surface area contributed by atoms with E-state index in [1.807, 2.05) is 6.92 Å². The molecule has 3 aliphatic heterocycles. The lowest BCUT2D eigenvalue weighted by Gasteiger charge is -2.37. The highest BCUT2D eigenvalue weighted by Gasteiger charge is 2.78. The number of ether oxygens (including phenoxy) is 2. The zero-order valence-electron chi connectivity index (χ0n) is 21.0. The van der Waals surface area contributed by atoms with Crippen molar-refractivity contribution in [3.63, 3.8) is 0 Å². The molecule has 2 bridgehead atoms. The maximum atomic E-state index is 14.4. The summed E-state index contributed by atoms with van der Waals surface area (Å²) in [6.45, 7) is 8.18. The highest BCUT2D eigenvalue weighted by Crippen LogP contribution is 2.63. The number of benzene rings is 1. The number of esters is 1. The van der Waals surface area contributed by atoms with Crippen LogP contribution in [0.2, 0.25) is 5.02 Å². The topological polar surface area (TPSA) is 96.4 Å². The molecular formula is C27H35ClN2O6. The van der Waals surface area contributed by atoms with Gasteiger partial charge in [-0.2, -0.15) is 0 Å². The second-order valence-corrected chi connectivity index (χ2v) is 10.4. The average molecular weight is 519 g/mol. The van der Waals surface area contributed by atoms with E-state index in [0.717, 1.165) is 0 Å². The number of carbonyl (C=O) groups excluding carboxylic acids is 3. The number of anilines is 1. The van der Waals surface area contributed by atoms with Crippen LogP contribution in [0.4, 0.5) is 5.69 Å². The van der Waals surface area contributed by atoms with Gasteiger partial charge in [0.15, 0.2) is 0 Å². The zero-order chi connectivity index (χ0) is 26.1. The fraction of sp³-hybridized carbons (Fsp3) is 0.593. The van der Waals surface area contributed by atoms with Crippen molar-refractivity contribution < 1.29 is 29.0 Å². The molecule has 0 radical (unpaired) electrons. The number of aliphatic hydroxyl groups excluding tert-OH is 1. The van der Waals surface area contributed by atoms with Crippen molar-refractivity contribution >= 4 is 35.1 Å². The Balaban J connectivity index is 1.77. The van der Waals surface area contributed by atoms with E-state index in [-0.39, 0.29) is 31.6 Å². The smallest absolute Gasteiger partial charge is 0.312 e. The van der Waals surface area contributed by atoms with E-state index in [0.29, 0.717) is 49.4 Å². The first-order valence-electron chi connectivity index (χ1n) is 12.7. The molecule has 4 rings (SSSR count). The Morgan fingerprint density at radius 2 is 2.06 bits per heavy atom. The van der Waals surface area contributed by atoms with E-state index in [9.17, 15) is 19.5 Å². The fourth-order valence-corrected chi connectivity index (χ4v) is 6.60. The van der Waals surface area contributed by atoms with Gasteiger partial charge >= 0.3 is 5.97 Å². The Hall–Kier alpha value is -2.42. The minimum Gasteiger partial charge on any atom is -0.466 e. The highest BCUT2D eigenvalue weighted by molar-refractivity contribution is 6.34. The maximum Gasteiger partial charge on any atom is 0.312 e. The third-order valence-electron chi connectivity index (χ3n) is 7.83. The van der Waals surface area contributed by atoms with Gasteiger partial charge in [0.25, 0.3) is 5.91 Å². The lowest BCUT2D eigenvalue weighted by Crippen LogP contribution is -2.56. The first-order chi connectivity index (χ1) is 17.3. The summed E-state index contributed by atoms with van der Waals surface area (Å²) in [6.07, 6.45) is 4.60. The highest BCUT2D eigenvalue weighted by atomic mass is 35.5. The fourth-order valence-electron chi connectivity index (χ4n) is 6.36. The van der Waals surface area contributed by atoms with Crippen LogP contribution in [-0.2, 0) is 23.9 Å². The molecule has 2 unspecified atom stereocenters. The van der Waals surface area contributed by atoms with Gasteiger partial charge in [0.2, 0.25) is 5.91 Å². The summed E-state index contributed by atoms with van der Waals surface area (Å²) < 4.78 is 12.0. The number of para-hydroxylation sites is 1. The second kappa shape index (κ2) is 10.5. The number of unbranched alkanes of at least 4 members (excludes halogenated alkanes) is 2. The number of likely N-dealkylation sites (tertiary alicyclic amines) is 1. The van der Waals surface area contributed by atoms with Crippen LogP contribution in [0.5, 0.6) is 0 Å². The second-order valence-electron chi connectivity index (χ2n) is 9.98. The molecule has 5 atom stereocenters. The van der Waals surface area contributed by atoms with Crippen LogP contribution in [0.25, 0.3) is 0 Å². The first-order valence-corrected chi connectivity index (χ1v) is 13.1. The average Bonchev–Trinajstić information content (AvgIpc) is 3.41. The molecule has 9 heteroatoms. The van der Waals surface area contributed by atoms with Gasteiger partial charge in [-0.1, -0.05) is 29.8 Å². The largest absolute Gasteiger partial charge is 0.466 e. The Morgan fingerprint density at radius 3 is 2.72 bits per heavy atom. The van der Waals surface area contributed by atoms with Crippen molar-refractivity contribution in [3.8, 4) is 0 Å². The van der Waals surface area contributed by atoms with Crippen LogP contribution in [0.15, 0.2) is 36.9 Å². The number of carbonyl (C=O) groups is 3. The number of amides is 2. The molecule has 36 heavy (non-hydrogen) atoms. The van der Waals surface area contributed by atoms with E-state index in [4.69, 9.17) is 21.1 Å². The summed E-state index contributed by atoms with van der Waals surface area (Å²) in [5.41, 5.74) is -1.47. The normalized spacial score (nSPS) is 30.4. The summed E-state index contributed by atoms with van der Waals surface area (Å²) >= 11 is 6.47. The minimum absolute atomic E-state index is 0.0644. The summed E-state index contributed by atoms with van der Waals surface area (Å²) in [4.78, 5) is 44.5. The number of aliphatic hydroxyl groups is 1. The molecule has 196 valence electrons. The maximum absolute atomic E-state index is 14.4. The van der Waals surface area contributed by atoms with Gasteiger partial charge in [-0.25, -0.2) is 0 Å². The molecule has 0 saturated carbocycles. The minimum atomic E-state index is -1.13. The summed E-state index contributed by atoms with van der Waals surface area (Å²) in [7, 11) is 0. The molecule has 1 aromatic rings. The molecule has 8 nitrogen and oxygen atoms in total. The molecule has 1 spiro atoms. The van der Waals surface area contributed by atoms with E-state index in [1.54, 1.807) is 47.1 Å². The van der Waals surface area contributed by atoms with Crippen molar-refractivity contribution in [2.45, 2.75) is 63.2 Å². The van der Waals surface area contributed by atoms with E-state index < -0.39 is 35.0 Å². The van der Waals surface area contributed by atoms with Crippen LogP contribution in [-0.4, -0.2) is 71.3 Å². The molecule has 1 aromatic carbocycles. The number of hydrogen-bond acceptors (Lipinski definition) is 6. The number of hydrogen-bond donors (Lipinski definition) is 1. The molecule has 3 fully saturated rings. The summed E-state index contributed by atoms with van der Waals surface area (Å²) in [5, 5.41) is 9.60. The molecule has 3 saturated heterocycles. The molecule has 2 amide bonds. The van der Waals surface area contributed by atoms with Gasteiger partial charge in [-0.3, -0.25) is 14.4 Å². The van der Waals surface area contributed by atoms with Gasteiger partial charge in [0, 0.05) is 19.7 Å². The molecule has 0 aromatic heterocycles. The quantitative estimate of drug-likeness (QED) is 0.274. The van der Waals surface area contributed by atoms with E-state index in [1.165, 1.54) is 0 Å². The van der Waals surface area contributed by atoms with E-state index in [2.05, 4.69) is 6.58 Å². The zero-order valence-corrected chi connectivity index (χ0v) is 21.7. The lowest BCUT2D eigenvalue weighted by atomic mass is 9.66. The Morgan fingerprint density at radius 1 is 1.31 bits per heavy atom. The Labute approximate surface area is 217 Å². The van der Waals surface area contributed by atoms with E-state index >= 15 is 0 Å². The Bertz CT molecular complexity index is 1030. The predicted molar refractivity (Wildman–Crippen MR) is 136 cm³/mol.